The molecule has 0 spiro atoms. The number of imidazole rings is 1. The van der Waals surface area contributed by atoms with Crippen molar-refractivity contribution in [3.05, 3.63) is 143 Å². The number of benzene rings is 4. The SMILES string of the molecule is CC(C)c1cccc(C(C)C)c1-n1c(-c2[c-]ccc3c2oc2ccccc23)nc2c(C(C)(C)C)nccc21.Cc1c[c-]c(-c2ccc(C)cn2)cc1.[Ir]. The van der Waals surface area contributed by atoms with Crippen molar-refractivity contribution in [2.45, 2.75) is 79.6 Å². The van der Waals surface area contributed by atoms with Gasteiger partial charge in [0.2, 0.25) is 0 Å². The molecule has 0 saturated carbocycles. The summed E-state index contributed by atoms with van der Waals surface area (Å²) in [4.78, 5) is 14.5. The predicted octanol–water partition coefficient (Wildman–Crippen LogP) is 12.5. The Balaban J connectivity index is 0.000000269. The monoisotopic (exact) mass is 875 g/mol. The number of para-hydroxylation sites is 2. The molecule has 4 aromatic carbocycles. The zero-order chi connectivity index (χ0) is 36.7. The number of aromatic nitrogens is 4. The van der Waals surface area contributed by atoms with E-state index in [0.717, 1.165) is 61.3 Å². The Hall–Kier alpha value is -4.90. The first-order valence-corrected chi connectivity index (χ1v) is 18.2. The predicted molar refractivity (Wildman–Crippen MR) is 215 cm³/mol. The van der Waals surface area contributed by atoms with Gasteiger partial charge >= 0.3 is 0 Å². The topological polar surface area (TPSA) is 56.7 Å². The third-order valence-corrected chi connectivity index (χ3v) is 9.57. The summed E-state index contributed by atoms with van der Waals surface area (Å²) < 4.78 is 8.82. The summed E-state index contributed by atoms with van der Waals surface area (Å²) in [5.41, 5.74) is 13.6. The minimum Gasteiger partial charge on any atom is -0.501 e. The molecule has 0 aliphatic heterocycles. The van der Waals surface area contributed by atoms with E-state index in [4.69, 9.17) is 14.4 Å². The maximum absolute atomic E-state index is 6.48. The molecule has 1 radical (unpaired) electrons. The molecule has 271 valence electrons. The smallest absolute Gasteiger partial charge is 0.120 e. The standard InChI is InChI=1S/C34H34N3O.C13H12N.Ir/c1-20(2)22-13-10-14-23(21(3)4)30(22)37-27-18-19-35-32(34(5,6)7)29(27)36-33(37)26-16-11-15-25-24-12-8-9-17-28(24)38-31(25)26;1-10-3-6-12(7-4-10)13-8-5-11(2)9-14-13;/h8-15,17-21H,1-7H3;3-6,8-9H,1-2H3;/q2*-1;. The average molecular weight is 875 g/mol. The molecule has 6 heteroatoms. The van der Waals surface area contributed by atoms with E-state index in [1.807, 2.05) is 55.7 Å². The number of nitrogens with zero attached hydrogens (tertiary/aromatic N) is 4. The summed E-state index contributed by atoms with van der Waals surface area (Å²) in [6, 6.07) is 38.0. The maximum atomic E-state index is 6.48. The number of furan rings is 1. The zero-order valence-electron chi connectivity index (χ0n) is 32.0. The quantitative estimate of drug-likeness (QED) is 0.162. The van der Waals surface area contributed by atoms with Crippen LogP contribution in [0.5, 0.6) is 0 Å². The third-order valence-electron chi connectivity index (χ3n) is 9.57. The van der Waals surface area contributed by atoms with Gasteiger partial charge in [0.15, 0.2) is 0 Å². The minimum absolute atomic E-state index is 0. The van der Waals surface area contributed by atoms with Gasteiger partial charge in [-0.05, 0) is 53.3 Å². The largest absolute Gasteiger partial charge is 0.501 e. The summed E-state index contributed by atoms with van der Waals surface area (Å²) in [5.74, 6) is 1.51. The number of hydrogen-bond donors (Lipinski definition) is 0. The number of aryl methyl sites for hydroxylation is 2. The van der Waals surface area contributed by atoms with E-state index < -0.39 is 0 Å². The minimum atomic E-state index is -0.163. The second-order valence-electron chi connectivity index (χ2n) is 15.3. The summed E-state index contributed by atoms with van der Waals surface area (Å²) in [5, 5.41) is 2.17. The van der Waals surface area contributed by atoms with Crippen molar-refractivity contribution in [3.63, 3.8) is 0 Å². The van der Waals surface area contributed by atoms with Crippen molar-refractivity contribution in [2.24, 2.45) is 0 Å². The molecule has 0 N–H and O–H groups in total. The molecule has 4 aromatic heterocycles. The van der Waals surface area contributed by atoms with Crippen LogP contribution in [0.4, 0.5) is 0 Å². The summed E-state index contributed by atoms with van der Waals surface area (Å²) in [6.45, 7) is 19.7. The van der Waals surface area contributed by atoms with Crippen LogP contribution in [-0.4, -0.2) is 19.5 Å². The van der Waals surface area contributed by atoms with Crippen LogP contribution in [0.15, 0.2) is 108 Å². The van der Waals surface area contributed by atoms with Crippen LogP contribution in [0.1, 0.15) is 88.2 Å². The molecule has 0 unspecified atom stereocenters. The number of hydrogen-bond acceptors (Lipinski definition) is 4. The number of pyridine rings is 2. The third kappa shape index (κ3) is 7.36. The van der Waals surface area contributed by atoms with Crippen molar-refractivity contribution in [1.29, 1.82) is 0 Å². The number of fused-ring (bicyclic) bond motifs is 4. The van der Waals surface area contributed by atoms with Crippen molar-refractivity contribution in [1.82, 2.24) is 19.5 Å². The van der Waals surface area contributed by atoms with Gasteiger partial charge in [0.25, 0.3) is 0 Å². The molecule has 4 heterocycles. The molecular weight excluding hydrogens is 829 g/mol. The van der Waals surface area contributed by atoms with Gasteiger partial charge in [0, 0.05) is 49.0 Å². The van der Waals surface area contributed by atoms with Gasteiger partial charge in [-0.15, -0.1) is 53.6 Å². The first-order chi connectivity index (χ1) is 24.9. The summed E-state index contributed by atoms with van der Waals surface area (Å²) in [7, 11) is 0. The van der Waals surface area contributed by atoms with E-state index in [-0.39, 0.29) is 25.5 Å². The second kappa shape index (κ2) is 15.2. The molecule has 0 bridgehead atoms. The van der Waals surface area contributed by atoms with Crippen LogP contribution in [-0.2, 0) is 25.5 Å². The molecule has 0 atom stereocenters. The molecule has 5 nitrogen and oxygen atoms in total. The van der Waals surface area contributed by atoms with Crippen LogP contribution in [0.2, 0.25) is 0 Å². The Morgan fingerprint density at radius 3 is 2.09 bits per heavy atom. The molecule has 53 heavy (non-hydrogen) atoms. The van der Waals surface area contributed by atoms with Gasteiger partial charge in [-0.2, -0.15) is 0 Å². The van der Waals surface area contributed by atoms with E-state index in [0.29, 0.717) is 11.8 Å². The maximum Gasteiger partial charge on any atom is 0.120 e. The van der Waals surface area contributed by atoms with Crippen molar-refractivity contribution < 1.29 is 24.5 Å². The molecule has 0 saturated heterocycles. The van der Waals surface area contributed by atoms with Crippen LogP contribution < -0.4 is 0 Å². The molecular formula is C47H46IrN4O-2. The zero-order valence-corrected chi connectivity index (χ0v) is 34.4. The molecule has 0 aliphatic carbocycles. The Morgan fingerprint density at radius 2 is 1.45 bits per heavy atom. The molecule has 0 fully saturated rings. The molecule has 0 amide bonds. The fourth-order valence-corrected chi connectivity index (χ4v) is 6.86. The first kappa shape index (κ1) is 37.8. The second-order valence-corrected chi connectivity index (χ2v) is 15.3. The molecule has 0 aliphatic rings. The van der Waals surface area contributed by atoms with Crippen LogP contribution in [0, 0.1) is 26.0 Å². The van der Waals surface area contributed by atoms with Crippen molar-refractivity contribution >= 4 is 33.0 Å². The van der Waals surface area contributed by atoms with E-state index in [9.17, 15) is 0 Å². The Morgan fingerprint density at radius 1 is 0.736 bits per heavy atom. The molecule has 8 aromatic rings. The van der Waals surface area contributed by atoms with E-state index in [1.54, 1.807) is 0 Å². The van der Waals surface area contributed by atoms with Crippen LogP contribution >= 0.6 is 0 Å². The fraction of sp³-hybridized carbons (Fsp3) is 0.255. The fourth-order valence-electron chi connectivity index (χ4n) is 6.86. The van der Waals surface area contributed by atoms with Crippen molar-refractivity contribution in [2.75, 3.05) is 0 Å². The summed E-state index contributed by atoms with van der Waals surface area (Å²) in [6.07, 6.45) is 3.80. The van der Waals surface area contributed by atoms with E-state index in [1.165, 1.54) is 27.9 Å². The van der Waals surface area contributed by atoms with Gasteiger partial charge < -0.3 is 14.0 Å². The van der Waals surface area contributed by atoms with E-state index in [2.05, 4.69) is 132 Å². The Bertz CT molecular complexity index is 2450. The first-order valence-electron chi connectivity index (χ1n) is 18.2. The Kier molecular flexibility index (Phi) is 10.9. The number of rotatable bonds is 5. The van der Waals surface area contributed by atoms with Crippen LogP contribution in [0.25, 0.3) is 61.3 Å². The van der Waals surface area contributed by atoms with Crippen LogP contribution in [0.3, 0.4) is 0 Å². The molecule has 8 rings (SSSR count). The van der Waals surface area contributed by atoms with E-state index >= 15 is 0 Å². The van der Waals surface area contributed by atoms with Gasteiger partial charge in [0.05, 0.1) is 28.1 Å². The summed E-state index contributed by atoms with van der Waals surface area (Å²) >= 11 is 0. The normalized spacial score (nSPS) is 11.7. The van der Waals surface area contributed by atoms with Gasteiger partial charge in [-0.25, -0.2) is 0 Å². The Labute approximate surface area is 326 Å². The van der Waals surface area contributed by atoms with Gasteiger partial charge in [-0.3, -0.25) is 9.97 Å². The van der Waals surface area contributed by atoms with Gasteiger partial charge in [-0.1, -0.05) is 115 Å². The van der Waals surface area contributed by atoms with Gasteiger partial charge in [0.1, 0.15) is 5.58 Å². The van der Waals surface area contributed by atoms with Crippen molar-refractivity contribution in [3.8, 4) is 28.3 Å². The average Bonchev–Trinajstić information content (AvgIpc) is 3.70.